The van der Waals surface area contributed by atoms with E-state index in [4.69, 9.17) is 10.3 Å². The predicted molar refractivity (Wildman–Crippen MR) is 44.1 cm³/mol. The van der Waals surface area contributed by atoms with E-state index in [0.717, 1.165) is 18.3 Å². The average Bonchev–Trinajstić information content (AvgIpc) is 2.04. The Morgan fingerprint density at radius 1 is 1.54 bits per heavy atom. The lowest BCUT2D eigenvalue weighted by Crippen LogP contribution is -1.89. The van der Waals surface area contributed by atoms with E-state index >= 15 is 0 Å². The third-order valence-corrected chi connectivity index (χ3v) is 1.40. The van der Waals surface area contributed by atoms with Gasteiger partial charge in [0, 0.05) is 11.6 Å². The van der Waals surface area contributed by atoms with Crippen molar-refractivity contribution in [3.63, 3.8) is 0 Å². The maximum atomic E-state index is 10.3. The van der Waals surface area contributed by atoms with Crippen molar-refractivity contribution >= 4 is 11.9 Å². The van der Waals surface area contributed by atoms with Gasteiger partial charge in [-0.05, 0) is 12.1 Å². The van der Waals surface area contributed by atoms with E-state index < -0.39 is 10.7 Å². The van der Waals surface area contributed by atoms with Gasteiger partial charge in [-0.3, -0.25) is 10.1 Å². The molecule has 0 fully saturated rings. The van der Waals surface area contributed by atoms with E-state index in [1.807, 2.05) is 0 Å². The Hall–Kier alpha value is -2.11. The first-order valence-electron chi connectivity index (χ1n) is 3.30. The molecule has 1 rings (SSSR count). The zero-order chi connectivity index (χ0) is 9.84. The van der Waals surface area contributed by atoms with Crippen molar-refractivity contribution in [2.24, 2.45) is 5.16 Å². The third kappa shape index (κ3) is 1.92. The molecule has 68 valence electrons. The summed E-state index contributed by atoms with van der Waals surface area (Å²) in [5.74, 6) is -0.456. The highest BCUT2D eigenvalue weighted by Gasteiger charge is 2.11. The number of hydrogen-bond donors (Lipinski definition) is 2. The summed E-state index contributed by atoms with van der Waals surface area (Å²) in [6.07, 6.45) is 1.06. The van der Waals surface area contributed by atoms with Gasteiger partial charge in [-0.25, -0.2) is 0 Å². The molecular formula is C7H6N2O4. The van der Waals surface area contributed by atoms with Crippen molar-refractivity contribution in [3.8, 4) is 5.75 Å². The fourth-order valence-corrected chi connectivity index (χ4v) is 0.842. The fourth-order valence-electron chi connectivity index (χ4n) is 0.842. The van der Waals surface area contributed by atoms with E-state index in [-0.39, 0.29) is 5.69 Å². The number of nitro groups is 1. The van der Waals surface area contributed by atoms with Gasteiger partial charge in [0.2, 0.25) is 0 Å². The van der Waals surface area contributed by atoms with Gasteiger partial charge < -0.3 is 10.3 Å². The molecule has 1 aromatic rings. The number of hydrogen-bond acceptors (Lipinski definition) is 5. The minimum absolute atomic E-state index is 0.380. The summed E-state index contributed by atoms with van der Waals surface area (Å²) in [4.78, 5) is 9.55. The van der Waals surface area contributed by atoms with Crippen molar-refractivity contribution in [2.75, 3.05) is 0 Å². The maximum absolute atomic E-state index is 10.3. The molecule has 2 N–H and O–H groups in total. The summed E-state index contributed by atoms with van der Waals surface area (Å²) < 4.78 is 0. The first kappa shape index (κ1) is 8.98. The molecule has 6 nitrogen and oxygen atoms in total. The lowest BCUT2D eigenvalue weighted by atomic mass is 10.2. The predicted octanol–water partition coefficient (Wildman–Crippen LogP) is 1.11. The Morgan fingerprint density at radius 2 is 2.23 bits per heavy atom. The van der Waals surface area contributed by atoms with Crippen LogP contribution in [0.2, 0.25) is 0 Å². The molecule has 0 bridgehead atoms. The van der Waals surface area contributed by atoms with Gasteiger partial charge in [0.1, 0.15) is 0 Å². The van der Waals surface area contributed by atoms with E-state index in [1.54, 1.807) is 0 Å². The molecule has 0 spiro atoms. The lowest BCUT2D eigenvalue weighted by Gasteiger charge is -1.95. The maximum Gasteiger partial charge on any atom is 0.310 e. The molecule has 0 amide bonds. The number of benzene rings is 1. The molecule has 0 aromatic heterocycles. The van der Waals surface area contributed by atoms with Crippen LogP contribution < -0.4 is 0 Å². The molecule has 0 aliphatic heterocycles. The molecular weight excluding hydrogens is 176 g/mol. The molecule has 6 heteroatoms. The molecule has 1 aromatic carbocycles. The van der Waals surface area contributed by atoms with E-state index in [1.165, 1.54) is 6.07 Å². The van der Waals surface area contributed by atoms with Crippen LogP contribution in [0.1, 0.15) is 5.56 Å². The number of oxime groups is 1. The van der Waals surface area contributed by atoms with Gasteiger partial charge in [0.15, 0.2) is 5.75 Å². The zero-order valence-corrected chi connectivity index (χ0v) is 6.41. The molecule has 0 saturated carbocycles. The minimum atomic E-state index is -0.699. The van der Waals surface area contributed by atoms with Gasteiger partial charge >= 0.3 is 5.69 Å². The topological polar surface area (TPSA) is 96.0 Å². The van der Waals surface area contributed by atoms with Crippen LogP contribution in [0.25, 0.3) is 0 Å². The quantitative estimate of drug-likeness (QED) is 0.310. The van der Waals surface area contributed by atoms with Crippen LogP contribution in [0.5, 0.6) is 5.75 Å². The van der Waals surface area contributed by atoms with Crippen LogP contribution >= 0.6 is 0 Å². The standard InChI is InChI=1S/C7H6N2O4/c10-7-3-5(4-8-11)1-2-6(7)9(12)13/h1-4,10-11H/b8-4-. The molecule has 0 heterocycles. The molecule has 0 saturated heterocycles. The van der Waals surface area contributed by atoms with Gasteiger partial charge in [-0.15, -0.1) is 0 Å². The molecule has 0 unspecified atom stereocenters. The smallest absolute Gasteiger partial charge is 0.310 e. The number of phenols is 1. The first-order valence-corrected chi connectivity index (χ1v) is 3.30. The van der Waals surface area contributed by atoms with Gasteiger partial charge in [-0.1, -0.05) is 5.16 Å². The van der Waals surface area contributed by atoms with Crippen LogP contribution in [-0.4, -0.2) is 21.5 Å². The number of nitrogens with zero attached hydrogens (tertiary/aromatic N) is 2. The summed E-state index contributed by atoms with van der Waals surface area (Å²) in [7, 11) is 0. The Labute approximate surface area is 72.9 Å². The summed E-state index contributed by atoms with van der Waals surface area (Å²) >= 11 is 0. The monoisotopic (exact) mass is 182 g/mol. The summed E-state index contributed by atoms with van der Waals surface area (Å²) in [5.41, 5.74) is 0.000639. The normalized spacial score (nSPS) is 10.5. The van der Waals surface area contributed by atoms with Crippen LogP contribution in [-0.2, 0) is 0 Å². The first-order chi connectivity index (χ1) is 6.15. The molecule has 0 aliphatic carbocycles. The van der Waals surface area contributed by atoms with Crippen molar-refractivity contribution in [1.29, 1.82) is 0 Å². The van der Waals surface area contributed by atoms with Gasteiger partial charge in [0.25, 0.3) is 0 Å². The lowest BCUT2D eigenvalue weighted by molar-refractivity contribution is -0.385. The highest BCUT2D eigenvalue weighted by molar-refractivity contribution is 5.80. The second kappa shape index (κ2) is 3.53. The minimum Gasteiger partial charge on any atom is -0.502 e. The number of aromatic hydroxyl groups is 1. The van der Waals surface area contributed by atoms with Gasteiger partial charge in [0.05, 0.1) is 11.1 Å². The second-order valence-corrected chi connectivity index (χ2v) is 2.25. The Kier molecular flexibility index (Phi) is 2.44. The SMILES string of the molecule is O=[N+]([O-])c1ccc(/C=N\O)cc1O. The van der Waals surface area contributed by atoms with Gasteiger partial charge in [-0.2, -0.15) is 0 Å². The molecule has 0 radical (unpaired) electrons. The summed E-state index contributed by atoms with van der Waals surface area (Å²) in [6, 6.07) is 3.63. The highest BCUT2D eigenvalue weighted by atomic mass is 16.6. The van der Waals surface area contributed by atoms with Crippen LogP contribution in [0, 0.1) is 10.1 Å². The molecule has 0 aliphatic rings. The Morgan fingerprint density at radius 3 is 2.69 bits per heavy atom. The zero-order valence-electron chi connectivity index (χ0n) is 6.41. The molecule has 13 heavy (non-hydrogen) atoms. The number of phenolic OH excluding ortho intramolecular Hbond substituents is 1. The van der Waals surface area contributed by atoms with Crippen LogP contribution in [0.3, 0.4) is 0 Å². The highest BCUT2D eigenvalue weighted by Crippen LogP contribution is 2.25. The van der Waals surface area contributed by atoms with E-state index in [9.17, 15) is 10.1 Å². The summed E-state index contributed by atoms with van der Waals surface area (Å²) in [5, 5.41) is 30.2. The Balaban J connectivity index is 3.12. The van der Waals surface area contributed by atoms with Crippen LogP contribution in [0.4, 0.5) is 5.69 Å². The van der Waals surface area contributed by atoms with Crippen molar-refractivity contribution in [1.82, 2.24) is 0 Å². The van der Waals surface area contributed by atoms with E-state index in [0.29, 0.717) is 5.56 Å². The van der Waals surface area contributed by atoms with Crippen molar-refractivity contribution in [3.05, 3.63) is 33.9 Å². The average molecular weight is 182 g/mol. The third-order valence-electron chi connectivity index (χ3n) is 1.40. The molecule has 0 atom stereocenters. The van der Waals surface area contributed by atoms with E-state index in [2.05, 4.69) is 5.16 Å². The fraction of sp³-hybridized carbons (Fsp3) is 0. The Bertz CT molecular complexity index is 362. The largest absolute Gasteiger partial charge is 0.502 e. The number of nitro benzene ring substituents is 1. The van der Waals surface area contributed by atoms with Crippen molar-refractivity contribution < 1.29 is 15.2 Å². The number of rotatable bonds is 2. The second-order valence-electron chi connectivity index (χ2n) is 2.25. The van der Waals surface area contributed by atoms with Crippen molar-refractivity contribution in [2.45, 2.75) is 0 Å². The summed E-state index contributed by atoms with van der Waals surface area (Å²) in [6.45, 7) is 0. The van der Waals surface area contributed by atoms with Crippen LogP contribution in [0.15, 0.2) is 23.4 Å².